The Balaban J connectivity index is 1.85. The van der Waals surface area contributed by atoms with Gasteiger partial charge in [-0.25, -0.2) is 4.79 Å². The third-order valence-corrected chi connectivity index (χ3v) is 8.47. The van der Waals surface area contributed by atoms with Crippen LogP contribution in [0.2, 0.25) is 0 Å². The predicted octanol–water partition coefficient (Wildman–Crippen LogP) is 2.92. The zero-order chi connectivity index (χ0) is 21.4. The molecule has 0 saturated heterocycles. The Labute approximate surface area is 175 Å². The molecule has 4 aliphatic rings. The molecule has 0 spiro atoms. The molecule has 1 N–H and O–H groups in total. The number of halogens is 1. The molecule has 2 saturated carbocycles. The van der Waals surface area contributed by atoms with E-state index in [0.717, 1.165) is 12.0 Å². The van der Waals surface area contributed by atoms with Crippen LogP contribution in [0.15, 0.2) is 22.8 Å². The van der Waals surface area contributed by atoms with Crippen LogP contribution in [0.1, 0.15) is 47.0 Å². The molecule has 1 heterocycles. The van der Waals surface area contributed by atoms with E-state index in [9.17, 15) is 19.5 Å². The molecule has 0 bridgehead atoms. The van der Waals surface area contributed by atoms with Crippen LogP contribution in [-0.2, 0) is 23.9 Å². The summed E-state index contributed by atoms with van der Waals surface area (Å²) in [6.45, 7) is 6.96. The van der Waals surface area contributed by atoms with Crippen LogP contribution < -0.4 is 0 Å². The number of hydrogen-bond donors (Lipinski definition) is 1. The molecular weight excluding hydrogens is 396 g/mol. The Morgan fingerprint density at radius 3 is 2.62 bits per heavy atom. The van der Waals surface area contributed by atoms with Gasteiger partial charge in [-0.05, 0) is 37.2 Å². The number of allylic oxidation sites excluding steroid dienone is 2. The van der Waals surface area contributed by atoms with Gasteiger partial charge < -0.3 is 14.6 Å². The van der Waals surface area contributed by atoms with Crippen molar-refractivity contribution >= 4 is 29.3 Å². The normalized spacial score (nSPS) is 45.8. The topological polar surface area (TPSA) is 89.9 Å². The molecule has 7 atom stereocenters. The van der Waals surface area contributed by atoms with Gasteiger partial charge >= 0.3 is 11.9 Å². The minimum Gasteiger partial charge on any atom is -0.462 e. The van der Waals surface area contributed by atoms with Crippen molar-refractivity contribution in [1.29, 1.82) is 0 Å². The number of carbonyl (C=O) groups is 3. The summed E-state index contributed by atoms with van der Waals surface area (Å²) in [6, 6.07) is 0. The fraction of sp³-hybridized carbons (Fsp3) is 0.682. The molecule has 1 aliphatic heterocycles. The zero-order valence-corrected chi connectivity index (χ0v) is 17.9. The summed E-state index contributed by atoms with van der Waals surface area (Å²) >= 11 is 6.64. The standard InChI is InChI=1S/C22H27ClO6/c1-11(24)22(27)9-17(29-12(2)25)19-13-7-16(23)15-8-18(26)28-10-20(15,3)14(13)5-6-21(19,22)4/h7-8,13-14,17,19,27H,5-6,9-10H2,1-4H3/t13-,14+,17?,19-,20-,21+,22+/m1/s1. The molecule has 29 heavy (non-hydrogen) atoms. The second-order valence-corrected chi connectivity index (χ2v) is 9.94. The van der Waals surface area contributed by atoms with Gasteiger partial charge in [0.05, 0.1) is 0 Å². The lowest BCUT2D eigenvalue weighted by Gasteiger charge is -2.57. The summed E-state index contributed by atoms with van der Waals surface area (Å²) < 4.78 is 11.0. The second kappa shape index (κ2) is 6.42. The van der Waals surface area contributed by atoms with E-state index in [1.54, 1.807) is 0 Å². The highest BCUT2D eigenvalue weighted by molar-refractivity contribution is 6.32. The number of esters is 2. The summed E-state index contributed by atoms with van der Waals surface area (Å²) in [5, 5.41) is 11.9. The fourth-order valence-electron chi connectivity index (χ4n) is 6.65. The maximum atomic E-state index is 12.5. The molecule has 0 aromatic carbocycles. The third kappa shape index (κ3) is 2.68. The van der Waals surface area contributed by atoms with Crippen molar-refractivity contribution in [2.24, 2.45) is 28.6 Å². The monoisotopic (exact) mass is 422 g/mol. The highest BCUT2D eigenvalue weighted by Crippen LogP contribution is 2.67. The van der Waals surface area contributed by atoms with E-state index in [2.05, 4.69) is 0 Å². The number of cyclic esters (lactones) is 1. The van der Waals surface area contributed by atoms with Crippen LogP contribution in [0.5, 0.6) is 0 Å². The largest absolute Gasteiger partial charge is 0.462 e. The van der Waals surface area contributed by atoms with Gasteiger partial charge in [-0.2, -0.15) is 0 Å². The van der Waals surface area contributed by atoms with Gasteiger partial charge in [0.25, 0.3) is 0 Å². The number of ether oxygens (including phenoxy) is 2. The summed E-state index contributed by atoms with van der Waals surface area (Å²) in [4.78, 5) is 36.1. The first-order chi connectivity index (χ1) is 13.4. The Hall–Kier alpha value is -1.66. The van der Waals surface area contributed by atoms with Gasteiger partial charge in [0.1, 0.15) is 18.3 Å². The van der Waals surface area contributed by atoms with Gasteiger partial charge in [0.15, 0.2) is 5.78 Å². The van der Waals surface area contributed by atoms with Crippen LogP contribution >= 0.6 is 11.6 Å². The number of fused-ring (bicyclic) bond motifs is 5. The summed E-state index contributed by atoms with van der Waals surface area (Å²) in [5.74, 6) is -1.41. The molecular formula is C22H27ClO6. The smallest absolute Gasteiger partial charge is 0.331 e. The van der Waals surface area contributed by atoms with Crippen molar-refractivity contribution in [1.82, 2.24) is 0 Å². The van der Waals surface area contributed by atoms with Crippen LogP contribution in [0, 0.1) is 28.6 Å². The van der Waals surface area contributed by atoms with Gasteiger partial charge in [-0.15, -0.1) is 0 Å². The number of hydrogen-bond acceptors (Lipinski definition) is 6. The quantitative estimate of drug-likeness (QED) is 0.688. The minimum absolute atomic E-state index is 0.0894. The average molecular weight is 423 g/mol. The highest BCUT2D eigenvalue weighted by atomic mass is 35.5. The van der Waals surface area contributed by atoms with Crippen LogP contribution in [-0.4, -0.2) is 41.1 Å². The SMILES string of the molecule is CC(=O)OC1C[C@](O)(C(C)=O)[C@@]2(C)CC[C@H]3[C@@H](C=C(Cl)C4=CC(=O)OC[C@@]43C)[C@H]12. The van der Waals surface area contributed by atoms with Crippen molar-refractivity contribution in [3.63, 3.8) is 0 Å². The van der Waals surface area contributed by atoms with Crippen molar-refractivity contribution in [2.45, 2.75) is 58.7 Å². The maximum Gasteiger partial charge on any atom is 0.331 e. The molecule has 7 heteroatoms. The Kier molecular flexibility index (Phi) is 4.56. The first kappa shape index (κ1) is 20.6. The van der Waals surface area contributed by atoms with E-state index >= 15 is 0 Å². The van der Waals surface area contributed by atoms with Crippen molar-refractivity contribution < 1.29 is 29.0 Å². The lowest BCUT2D eigenvalue weighted by Crippen LogP contribution is -2.57. The molecule has 4 rings (SSSR count). The van der Waals surface area contributed by atoms with Crippen LogP contribution in [0.3, 0.4) is 0 Å². The molecule has 0 aromatic rings. The molecule has 3 aliphatic carbocycles. The van der Waals surface area contributed by atoms with Crippen LogP contribution in [0.25, 0.3) is 0 Å². The van der Waals surface area contributed by atoms with E-state index in [-0.39, 0.29) is 36.6 Å². The van der Waals surface area contributed by atoms with Crippen molar-refractivity contribution in [3.05, 3.63) is 22.8 Å². The maximum absolute atomic E-state index is 12.5. The zero-order valence-electron chi connectivity index (χ0n) is 17.2. The lowest BCUT2D eigenvalue weighted by atomic mass is 9.49. The molecule has 0 amide bonds. The Bertz CT molecular complexity index is 861. The third-order valence-electron chi connectivity index (χ3n) is 8.14. The van der Waals surface area contributed by atoms with Crippen molar-refractivity contribution in [2.75, 3.05) is 6.61 Å². The van der Waals surface area contributed by atoms with E-state index < -0.39 is 34.5 Å². The van der Waals surface area contributed by atoms with E-state index in [4.69, 9.17) is 21.1 Å². The number of rotatable bonds is 2. The number of ketones is 1. The highest BCUT2D eigenvalue weighted by Gasteiger charge is 2.69. The minimum atomic E-state index is -1.56. The predicted molar refractivity (Wildman–Crippen MR) is 105 cm³/mol. The van der Waals surface area contributed by atoms with E-state index in [1.807, 2.05) is 19.9 Å². The van der Waals surface area contributed by atoms with E-state index in [1.165, 1.54) is 19.9 Å². The second-order valence-electron chi connectivity index (χ2n) is 9.53. The van der Waals surface area contributed by atoms with Gasteiger partial charge in [0.2, 0.25) is 0 Å². The number of aliphatic hydroxyl groups is 1. The molecule has 1 unspecified atom stereocenters. The van der Waals surface area contributed by atoms with Gasteiger partial charge in [0, 0.05) is 41.2 Å². The molecule has 0 aromatic heterocycles. The number of carbonyl (C=O) groups excluding carboxylic acids is 3. The van der Waals surface area contributed by atoms with Gasteiger partial charge in [-0.3, -0.25) is 9.59 Å². The molecule has 158 valence electrons. The summed E-state index contributed by atoms with van der Waals surface area (Å²) in [7, 11) is 0. The van der Waals surface area contributed by atoms with Gasteiger partial charge in [-0.1, -0.05) is 31.5 Å². The first-order valence-electron chi connectivity index (χ1n) is 10.1. The molecule has 2 fully saturated rings. The fourth-order valence-corrected chi connectivity index (χ4v) is 7.06. The van der Waals surface area contributed by atoms with Crippen LogP contribution in [0.4, 0.5) is 0 Å². The average Bonchev–Trinajstić information content (AvgIpc) is 2.84. The first-order valence-corrected chi connectivity index (χ1v) is 10.5. The number of Topliss-reactive ketones (excluding diaryl/α,β-unsaturated/α-hetero) is 1. The Morgan fingerprint density at radius 1 is 1.31 bits per heavy atom. The molecule has 6 nitrogen and oxygen atoms in total. The summed E-state index contributed by atoms with van der Waals surface area (Å²) in [5.41, 5.74) is -1.97. The molecule has 0 radical (unpaired) electrons. The Morgan fingerprint density at radius 2 is 2.00 bits per heavy atom. The van der Waals surface area contributed by atoms with Crippen molar-refractivity contribution in [3.8, 4) is 0 Å². The lowest BCUT2D eigenvalue weighted by molar-refractivity contribution is -0.162. The summed E-state index contributed by atoms with van der Waals surface area (Å²) in [6.07, 6.45) is 4.26. The van der Waals surface area contributed by atoms with E-state index in [0.29, 0.717) is 11.5 Å².